The highest BCUT2D eigenvalue weighted by atomic mass is 19.1. The van der Waals surface area contributed by atoms with Gasteiger partial charge in [0.2, 0.25) is 0 Å². The third-order valence-electron chi connectivity index (χ3n) is 5.16. The number of amides is 1. The highest BCUT2D eigenvalue weighted by Crippen LogP contribution is 2.36. The molecule has 0 radical (unpaired) electrons. The number of pyridine rings is 2. The molecule has 1 amide bonds. The summed E-state index contributed by atoms with van der Waals surface area (Å²) in [6.45, 7) is 3.87. The summed E-state index contributed by atoms with van der Waals surface area (Å²) in [4.78, 5) is 43.3. The van der Waals surface area contributed by atoms with E-state index in [9.17, 15) is 18.8 Å². The SMILES string of the molecule is CC1(C)CC(=O)c2cn(-c3ccc(F)cc3)c(=O)c(C(=O)Nc3cccnc3)c2C1. The first-order valence-electron chi connectivity index (χ1n) is 9.54. The van der Waals surface area contributed by atoms with Crippen molar-refractivity contribution in [1.82, 2.24) is 9.55 Å². The van der Waals surface area contributed by atoms with Crippen molar-refractivity contribution in [3.05, 3.63) is 87.9 Å². The van der Waals surface area contributed by atoms with Gasteiger partial charge in [0.05, 0.1) is 11.9 Å². The predicted octanol–water partition coefficient (Wildman–Crippen LogP) is 3.78. The maximum Gasteiger partial charge on any atom is 0.268 e. The summed E-state index contributed by atoms with van der Waals surface area (Å²) in [5.41, 5.74) is 0.582. The molecule has 0 bridgehead atoms. The van der Waals surface area contributed by atoms with Crippen molar-refractivity contribution in [2.45, 2.75) is 26.7 Å². The van der Waals surface area contributed by atoms with Crippen molar-refractivity contribution >= 4 is 17.4 Å². The quantitative estimate of drug-likeness (QED) is 0.719. The van der Waals surface area contributed by atoms with E-state index in [0.717, 1.165) is 0 Å². The summed E-state index contributed by atoms with van der Waals surface area (Å²) in [7, 11) is 0. The predicted molar refractivity (Wildman–Crippen MR) is 111 cm³/mol. The Morgan fingerprint density at radius 3 is 2.53 bits per heavy atom. The molecule has 0 spiro atoms. The average molecular weight is 405 g/mol. The molecule has 1 aliphatic carbocycles. The lowest BCUT2D eigenvalue weighted by Crippen LogP contribution is -2.37. The Bertz CT molecular complexity index is 1200. The Morgan fingerprint density at radius 2 is 1.87 bits per heavy atom. The van der Waals surface area contributed by atoms with E-state index >= 15 is 0 Å². The number of Topliss-reactive ketones (excluding diaryl/α,β-unsaturated/α-hetero) is 1. The number of aromatic nitrogens is 2. The monoisotopic (exact) mass is 405 g/mol. The number of hydrogen-bond donors (Lipinski definition) is 1. The van der Waals surface area contributed by atoms with Gasteiger partial charge in [-0.25, -0.2) is 4.39 Å². The van der Waals surface area contributed by atoms with Gasteiger partial charge in [-0.1, -0.05) is 13.8 Å². The van der Waals surface area contributed by atoms with Gasteiger partial charge in [0.25, 0.3) is 11.5 Å². The van der Waals surface area contributed by atoms with Gasteiger partial charge >= 0.3 is 0 Å². The standard InChI is InChI=1S/C23H20FN3O3/c1-23(2)10-17-18(19(28)11-23)13-27(16-7-5-14(24)6-8-16)22(30)20(17)21(29)26-15-4-3-9-25-12-15/h3-9,12-13H,10-11H2,1-2H3,(H,26,29). The third-order valence-corrected chi connectivity index (χ3v) is 5.16. The lowest BCUT2D eigenvalue weighted by Gasteiger charge is -2.31. The molecule has 7 heteroatoms. The molecule has 2 aromatic heterocycles. The number of anilines is 1. The van der Waals surface area contributed by atoms with Gasteiger partial charge in [-0.2, -0.15) is 0 Å². The zero-order valence-electron chi connectivity index (χ0n) is 16.6. The number of fused-ring (bicyclic) bond motifs is 1. The second-order valence-corrected chi connectivity index (χ2v) is 8.18. The van der Waals surface area contributed by atoms with Crippen molar-refractivity contribution < 1.29 is 14.0 Å². The molecule has 0 fully saturated rings. The van der Waals surface area contributed by atoms with E-state index in [1.54, 1.807) is 18.3 Å². The molecular formula is C23H20FN3O3. The van der Waals surface area contributed by atoms with E-state index in [4.69, 9.17) is 0 Å². The van der Waals surface area contributed by atoms with Gasteiger partial charge < -0.3 is 5.32 Å². The van der Waals surface area contributed by atoms with Crippen molar-refractivity contribution in [1.29, 1.82) is 0 Å². The van der Waals surface area contributed by atoms with Gasteiger partial charge in [-0.3, -0.25) is 23.9 Å². The molecule has 152 valence electrons. The summed E-state index contributed by atoms with van der Waals surface area (Å²) in [6.07, 6.45) is 5.24. The molecule has 0 unspecified atom stereocenters. The van der Waals surface area contributed by atoms with E-state index < -0.39 is 17.3 Å². The van der Waals surface area contributed by atoms with Crippen LogP contribution in [0.4, 0.5) is 10.1 Å². The van der Waals surface area contributed by atoms with Crippen LogP contribution < -0.4 is 10.9 Å². The molecule has 30 heavy (non-hydrogen) atoms. The van der Waals surface area contributed by atoms with E-state index in [2.05, 4.69) is 10.3 Å². The minimum atomic E-state index is -0.605. The first kappa shape index (κ1) is 19.7. The fourth-order valence-electron chi connectivity index (χ4n) is 3.80. The molecule has 0 saturated heterocycles. The van der Waals surface area contributed by atoms with Crippen molar-refractivity contribution in [2.24, 2.45) is 5.41 Å². The molecule has 2 heterocycles. The second kappa shape index (κ2) is 7.33. The van der Waals surface area contributed by atoms with Crippen LogP contribution in [0, 0.1) is 11.2 Å². The lowest BCUT2D eigenvalue weighted by atomic mass is 9.73. The molecule has 6 nitrogen and oxygen atoms in total. The van der Waals surface area contributed by atoms with Crippen LogP contribution in [-0.4, -0.2) is 21.2 Å². The molecule has 0 atom stereocenters. The summed E-state index contributed by atoms with van der Waals surface area (Å²) >= 11 is 0. The van der Waals surface area contributed by atoms with Crippen LogP contribution in [0.1, 0.15) is 46.5 Å². The molecule has 0 saturated carbocycles. The van der Waals surface area contributed by atoms with Gasteiger partial charge in [0.1, 0.15) is 11.4 Å². The molecule has 1 aromatic carbocycles. The largest absolute Gasteiger partial charge is 0.320 e. The van der Waals surface area contributed by atoms with Crippen molar-refractivity contribution in [2.75, 3.05) is 5.32 Å². The van der Waals surface area contributed by atoms with Crippen LogP contribution in [0.15, 0.2) is 59.8 Å². The number of hydrogen-bond acceptors (Lipinski definition) is 4. The Kier molecular flexibility index (Phi) is 4.81. The first-order chi connectivity index (χ1) is 14.2. The zero-order chi connectivity index (χ0) is 21.5. The summed E-state index contributed by atoms with van der Waals surface area (Å²) in [5.74, 6) is -1.18. The van der Waals surface area contributed by atoms with Crippen LogP contribution in [0.5, 0.6) is 0 Å². The minimum absolute atomic E-state index is 0.0817. The fraction of sp³-hybridized carbons (Fsp3) is 0.217. The second-order valence-electron chi connectivity index (χ2n) is 8.18. The van der Waals surface area contributed by atoms with E-state index in [1.165, 1.54) is 41.2 Å². The molecule has 4 rings (SSSR count). The van der Waals surface area contributed by atoms with Crippen LogP contribution in [-0.2, 0) is 6.42 Å². The van der Waals surface area contributed by atoms with E-state index in [1.807, 2.05) is 13.8 Å². The third kappa shape index (κ3) is 3.66. The number of rotatable bonds is 3. The van der Waals surface area contributed by atoms with Gasteiger partial charge in [0.15, 0.2) is 5.78 Å². The molecule has 0 aliphatic heterocycles. The van der Waals surface area contributed by atoms with Gasteiger partial charge in [-0.15, -0.1) is 0 Å². The molecule has 1 aliphatic rings. The van der Waals surface area contributed by atoms with Crippen LogP contribution >= 0.6 is 0 Å². The van der Waals surface area contributed by atoms with Crippen molar-refractivity contribution in [3.8, 4) is 5.69 Å². The Hall–Kier alpha value is -3.61. The number of nitrogens with one attached hydrogen (secondary N) is 1. The van der Waals surface area contributed by atoms with E-state index in [0.29, 0.717) is 35.3 Å². The zero-order valence-corrected chi connectivity index (χ0v) is 16.6. The number of benzene rings is 1. The summed E-state index contributed by atoms with van der Waals surface area (Å²) in [5, 5.41) is 2.69. The molecular weight excluding hydrogens is 385 g/mol. The van der Waals surface area contributed by atoms with Crippen LogP contribution in [0.2, 0.25) is 0 Å². The Morgan fingerprint density at radius 1 is 1.13 bits per heavy atom. The van der Waals surface area contributed by atoms with E-state index in [-0.39, 0.29) is 16.8 Å². The number of carbonyl (C=O) groups excluding carboxylic acids is 2. The minimum Gasteiger partial charge on any atom is -0.320 e. The topological polar surface area (TPSA) is 81.1 Å². The smallest absolute Gasteiger partial charge is 0.268 e. The Balaban J connectivity index is 1.92. The maximum atomic E-state index is 13.4. The van der Waals surface area contributed by atoms with Crippen LogP contribution in [0.3, 0.4) is 0 Å². The number of ketones is 1. The van der Waals surface area contributed by atoms with Crippen LogP contribution in [0.25, 0.3) is 5.69 Å². The summed E-state index contributed by atoms with van der Waals surface area (Å²) in [6, 6.07) is 8.64. The maximum absolute atomic E-state index is 13.4. The van der Waals surface area contributed by atoms with Gasteiger partial charge in [-0.05, 0) is 53.8 Å². The Labute approximate surface area is 172 Å². The van der Waals surface area contributed by atoms with Gasteiger partial charge in [0, 0.05) is 30.1 Å². The van der Waals surface area contributed by atoms with Crippen molar-refractivity contribution in [3.63, 3.8) is 0 Å². The summed E-state index contributed by atoms with van der Waals surface area (Å²) < 4.78 is 14.6. The first-order valence-corrected chi connectivity index (χ1v) is 9.54. The number of halogens is 1. The number of nitrogens with zero attached hydrogens (tertiary/aromatic N) is 2. The average Bonchev–Trinajstić information content (AvgIpc) is 2.68. The molecule has 3 aromatic rings. The highest BCUT2D eigenvalue weighted by Gasteiger charge is 2.36. The fourth-order valence-corrected chi connectivity index (χ4v) is 3.80. The number of carbonyl (C=O) groups is 2. The normalized spacial score (nSPS) is 14.8. The lowest BCUT2D eigenvalue weighted by molar-refractivity contribution is 0.0910. The molecule has 1 N–H and O–H groups in total. The highest BCUT2D eigenvalue weighted by molar-refractivity contribution is 6.08.